The van der Waals surface area contributed by atoms with Gasteiger partial charge in [0.2, 0.25) is 0 Å². The van der Waals surface area contributed by atoms with Crippen molar-refractivity contribution in [3.63, 3.8) is 0 Å². The van der Waals surface area contributed by atoms with Crippen molar-refractivity contribution >= 4 is 16.7 Å². The van der Waals surface area contributed by atoms with E-state index in [1.807, 2.05) is 67.6 Å². The summed E-state index contributed by atoms with van der Waals surface area (Å²) >= 11 is 0. The Balaban J connectivity index is 1.15. The quantitative estimate of drug-likeness (QED) is 0.266. The maximum atomic E-state index is 13.0. The minimum atomic E-state index is -0.00450. The van der Waals surface area contributed by atoms with E-state index in [4.69, 9.17) is 14.0 Å². The van der Waals surface area contributed by atoms with Crippen molar-refractivity contribution in [2.45, 2.75) is 13.5 Å². The maximum Gasteiger partial charge on any atom is 0.196 e. The second-order valence-corrected chi connectivity index (χ2v) is 9.22. The lowest BCUT2D eigenvalue weighted by molar-refractivity contribution is 0.0214. The molecule has 0 unspecified atom stereocenters. The van der Waals surface area contributed by atoms with Gasteiger partial charge in [-0.25, -0.2) is 0 Å². The Bertz CT molecular complexity index is 1400. The lowest BCUT2D eigenvalue weighted by atomic mass is 10.0. The number of benzene rings is 3. The van der Waals surface area contributed by atoms with E-state index in [1.54, 1.807) is 7.11 Å². The monoisotopic (exact) mass is 499 g/mol. The molecule has 1 aromatic heterocycles. The normalized spacial score (nSPS) is 14.3. The fraction of sp³-hybridized carbons (Fsp3) is 0.300. The van der Waals surface area contributed by atoms with E-state index in [2.05, 4.69) is 27.4 Å². The zero-order valence-corrected chi connectivity index (χ0v) is 21.4. The van der Waals surface area contributed by atoms with E-state index >= 15 is 0 Å². The molecule has 0 aliphatic carbocycles. The second kappa shape index (κ2) is 11.6. The maximum absolute atomic E-state index is 13.0. The number of rotatable bonds is 9. The number of fused-ring (bicyclic) bond motifs is 1. The number of hydroxylamine groups is 1. The lowest BCUT2D eigenvalue weighted by Gasteiger charge is -2.36. The van der Waals surface area contributed by atoms with Gasteiger partial charge in [0.05, 0.1) is 24.8 Å². The van der Waals surface area contributed by atoms with Crippen molar-refractivity contribution < 1.29 is 14.0 Å². The second-order valence-electron chi connectivity index (χ2n) is 9.22. The van der Waals surface area contributed by atoms with Crippen molar-refractivity contribution in [2.24, 2.45) is 0 Å². The first-order chi connectivity index (χ1) is 18.2. The molecule has 1 fully saturated rings. The van der Waals surface area contributed by atoms with E-state index in [0.717, 1.165) is 55.3 Å². The van der Waals surface area contributed by atoms with Crippen LogP contribution in [0.3, 0.4) is 0 Å². The van der Waals surface area contributed by atoms with Crippen LogP contribution in [0.25, 0.3) is 22.3 Å². The number of hydrogen-bond donors (Lipinski definition) is 1. The van der Waals surface area contributed by atoms with E-state index in [0.29, 0.717) is 35.4 Å². The third-order valence-corrected chi connectivity index (χ3v) is 6.93. The zero-order chi connectivity index (χ0) is 25.6. The first-order valence-corrected chi connectivity index (χ1v) is 12.7. The number of nitrogens with zero attached hydrogens (tertiary/aromatic N) is 2. The average Bonchev–Trinajstić information content (AvgIpc) is 2.95. The average molecular weight is 500 g/mol. The molecule has 1 saturated heterocycles. The van der Waals surface area contributed by atoms with Crippen molar-refractivity contribution in [1.29, 1.82) is 0 Å². The topological polar surface area (TPSA) is 67.2 Å². The Morgan fingerprint density at radius 2 is 1.68 bits per heavy atom. The van der Waals surface area contributed by atoms with Gasteiger partial charge >= 0.3 is 0 Å². The Kier molecular flexibility index (Phi) is 7.84. The Morgan fingerprint density at radius 1 is 0.919 bits per heavy atom. The molecular weight excluding hydrogens is 466 g/mol. The first kappa shape index (κ1) is 25.0. The summed E-state index contributed by atoms with van der Waals surface area (Å²) in [6.07, 6.45) is 0. The number of methoxy groups -OCH3 is 1. The number of anilines is 1. The van der Waals surface area contributed by atoms with Crippen molar-refractivity contribution in [3.8, 4) is 17.1 Å². The van der Waals surface area contributed by atoms with E-state index in [9.17, 15) is 4.79 Å². The van der Waals surface area contributed by atoms with Crippen LogP contribution in [0.5, 0.6) is 5.75 Å². The first-order valence-electron chi connectivity index (χ1n) is 12.7. The van der Waals surface area contributed by atoms with Gasteiger partial charge in [0.25, 0.3) is 0 Å². The van der Waals surface area contributed by atoms with Gasteiger partial charge in [0, 0.05) is 56.0 Å². The fourth-order valence-electron chi connectivity index (χ4n) is 4.85. The summed E-state index contributed by atoms with van der Waals surface area (Å²) in [7, 11) is 1.72. The van der Waals surface area contributed by atoms with Crippen LogP contribution in [0.15, 0.2) is 82.0 Å². The van der Waals surface area contributed by atoms with E-state index in [1.165, 1.54) is 0 Å². The van der Waals surface area contributed by atoms with Crippen LogP contribution in [0.4, 0.5) is 5.69 Å². The van der Waals surface area contributed by atoms with Crippen LogP contribution in [0.1, 0.15) is 11.1 Å². The molecular formula is C30H33N3O4. The van der Waals surface area contributed by atoms with Gasteiger partial charge in [-0.05, 0) is 25.1 Å². The molecule has 0 amide bonds. The molecule has 7 nitrogen and oxygen atoms in total. The number of piperazine rings is 1. The molecule has 3 aromatic carbocycles. The Labute approximate surface area is 217 Å². The van der Waals surface area contributed by atoms with Crippen molar-refractivity contribution in [3.05, 3.63) is 94.1 Å². The molecule has 37 heavy (non-hydrogen) atoms. The highest BCUT2D eigenvalue weighted by atomic mass is 16.6. The van der Waals surface area contributed by atoms with Crippen LogP contribution < -0.4 is 20.5 Å². The molecule has 0 saturated carbocycles. The minimum Gasteiger partial charge on any atom is -0.495 e. The molecule has 4 aromatic rings. The standard InChI is InChI=1S/C30H33N3O4/c1-22-28(34)25-12-8-11-24(30(25)37-29(22)23-9-4-3-5-10-23)21-31-36-20-19-32-15-17-33(18-16-32)26-13-6-7-14-27(26)35-2/h3-14,31H,15-21H2,1-2H3. The van der Waals surface area contributed by atoms with Gasteiger partial charge in [-0.15, -0.1) is 0 Å². The fourth-order valence-corrected chi connectivity index (χ4v) is 4.85. The highest BCUT2D eigenvalue weighted by Gasteiger charge is 2.19. The van der Waals surface area contributed by atoms with Crippen LogP contribution in [0.2, 0.25) is 0 Å². The summed E-state index contributed by atoms with van der Waals surface area (Å²) in [6.45, 7) is 7.51. The van der Waals surface area contributed by atoms with Crippen LogP contribution >= 0.6 is 0 Å². The van der Waals surface area contributed by atoms with Gasteiger partial charge in [-0.1, -0.05) is 54.6 Å². The third kappa shape index (κ3) is 5.54. The molecule has 192 valence electrons. The third-order valence-electron chi connectivity index (χ3n) is 6.93. The molecule has 7 heteroatoms. The SMILES string of the molecule is COc1ccccc1N1CCN(CCONCc2cccc3c(=O)c(C)c(-c4ccccc4)oc23)CC1. The molecule has 0 bridgehead atoms. The smallest absolute Gasteiger partial charge is 0.196 e. The van der Waals surface area contributed by atoms with Gasteiger partial charge in [0.1, 0.15) is 17.1 Å². The summed E-state index contributed by atoms with van der Waals surface area (Å²) in [5.41, 5.74) is 7.20. The summed E-state index contributed by atoms with van der Waals surface area (Å²) in [4.78, 5) is 23.6. The molecule has 0 atom stereocenters. The summed E-state index contributed by atoms with van der Waals surface area (Å²) in [5, 5.41) is 0.587. The Hall–Kier alpha value is -3.65. The van der Waals surface area contributed by atoms with Crippen LogP contribution in [-0.2, 0) is 11.4 Å². The highest BCUT2D eigenvalue weighted by Crippen LogP contribution is 2.29. The molecule has 1 aliphatic rings. The van der Waals surface area contributed by atoms with Gasteiger partial charge in [0.15, 0.2) is 5.43 Å². The lowest BCUT2D eigenvalue weighted by Crippen LogP contribution is -2.47. The number of hydrogen-bond acceptors (Lipinski definition) is 7. The molecule has 0 radical (unpaired) electrons. The zero-order valence-electron chi connectivity index (χ0n) is 21.4. The summed E-state index contributed by atoms with van der Waals surface area (Å²) in [5.74, 6) is 1.53. The summed E-state index contributed by atoms with van der Waals surface area (Å²) < 4.78 is 11.8. The largest absolute Gasteiger partial charge is 0.495 e. The van der Waals surface area contributed by atoms with E-state index in [-0.39, 0.29) is 5.43 Å². The van der Waals surface area contributed by atoms with Crippen LogP contribution in [0, 0.1) is 6.92 Å². The van der Waals surface area contributed by atoms with Gasteiger partial charge in [-0.2, -0.15) is 5.48 Å². The van der Waals surface area contributed by atoms with Crippen molar-refractivity contribution in [2.75, 3.05) is 51.3 Å². The predicted molar refractivity (Wildman–Crippen MR) is 147 cm³/mol. The Morgan fingerprint density at radius 3 is 2.46 bits per heavy atom. The van der Waals surface area contributed by atoms with Crippen molar-refractivity contribution in [1.82, 2.24) is 10.4 Å². The van der Waals surface area contributed by atoms with Crippen LogP contribution in [-0.4, -0.2) is 51.3 Å². The molecule has 5 rings (SSSR count). The number of nitrogens with one attached hydrogen (secondary N) is 1. The van der Waals surface area contributed by atoms with Gasteiger partial charge < -0.3 is 18.9 Å². The molecule has 0 spiro atoms. The molecule has 2 heterocycles. The van der Waals surface area contributed by atoms with Gasteiger partial charge in [-0.3, -0.25) is 9.69 Å². The molecule has 1 aliphatic heterocycles. The predicted octanol–water partition coefficient (Wildman–Crippen LogP) is 4.62. The number of ether oxygens (including phenoxy) is 1. The minimum absolute atomic E-state index is 0.00450. The van der Waals surface area contributed by atoms with E-state index < -0.39 is 0 Å². The molecule has 1 N–H and O–H groups in total. The highest BCUT2D eigenvalue weighted by molar-refractivity contribution is 5.83. The number of para-hydroxylation sites is 3. The summed E-state index contributed by atoms with van der Waals surface area (Å²) in [6, 6.07) is 23.6.